The zero-order valence-electron chi connectivity index (χ0n) is 11.7. The lowest BCUT2D eigenvalue weighted by atomic mass is 10.3. The monoisotopic (exact) mass is 277 g/mol. The van der Waals surface area contributed by atoms with E-state index in [0.717, 1.165) is 5.65 Å². The second kappa shape index (κ2) is 6.97. The molecule has 0 saturated carbocycles. The first-order chi connectivity index (χ1) is 9.72. The lowest BCUT2D eigenvalue weighted by Crippen LogP contribution is -2.37. The van der Waals surface area contributed by atoms with E-state index in [1.807, 2.05) is 35.7 Å². The first kappa shape index (κ1) is 14.4. The molecule has 7 nitrogen and oxygen atoms in total. The van der Waals surface area contributed by atoms with Gasteiger partial charge in [0.05, 0.1) is 19.2 Å². The van der Waals surface area contributed by atoms with Crippen LogP contribution in [0.3, 0.4) is 0 Å². The smallest absolute Gasteiger partial charge is 0.234 e. The summed E-state index contributed by atoms with van der Waals surface area (Å²) in [7, 11) is 1.63. The van der Waals surface area contributed by atoms with E-state index in [4.69, 9.17) is 4.74 Å². The van der Waals surface area contributed by atoms with Crippen LogP contribution in [0, 0.1) is 0 Å². The number of hydrogen-bond donors (Lipinski definition) is 2. The Morgan fingerprint density at radius 2 is 2.30 bits per heavy atom. The van der Waals surface area contributed by atoms with Crippen molar-refractivity contribution in [1.82, 2.24) is 25.2 Å². The molecular formula is C13H19N5O2. The summed E-state index contributed by atoms with van der Waals surface area (Å²) >= 11 is 0. The molecule has 0 aliphatic heterocycles. The highest BCUT2D eigenvalue weighted by Gasteiger charge is 2.15. The first-order valence-electron chi connectivity index (χ1n) is 6.51. The highest BCUT2D eigenvalue weighted by atomic mass is 16.5. The maximum Gasteiger partial charge on any atom is 0.234 e. The summed E-state index contributed by atoms with van der Waals surface area (Å²) in [6.07, 6.45) is 1.88. The van der Waals surface area contributed by atoms with Gasteiger partial charge in [-0.15, -0.1) is 10.2 Å². The number of ether oxygens (including phenoxy) is 1. The minimum atomic E-state index is -0.205. The van der Waals surface area contributed by atoms with Crippen molar-refractivity contribution in [3.63, 3.8) is 0 Å². The minimum absolute atomic E-state index is 0.0821. The van der Waals surface area contributed by atoms with Crippen molar-refractivity contribution in [1.29, 1.82) is 0 Å². The van der Waals surface area contributed by atoms with E-state index in [2.05, 4.69) is 20.8 Å². The zero-order valence-corrected chi connectivity index (χ0v) is 11.7. The Labute approximate surface area is 117 Å². The fourth-order valence-corrected chi connectivity index (χ4v) is 1.89. The lowest BCUT2D eigenvalue weighted by molar-refractivity contribution is -0.120. The van der Waals surface area contributed by atoms with E-state index < -0.39 is 0 Å². The van der Waals surface area contributed by atoms with Gasteiger partial charge in [0.25, 0.3) is 0 Å². The number of carbonyl (C=O) groups excluding carboxylic acids is 1. The molecule has 1 amide bonds. The summed E-state index contributed by atoms with van der Waals surface area (Å²) in [5, 5.41) is 14.1. The fourth-order valence-electron chi connectivity index (χ4n) is 1.89. The number of nitrogens with zero attached hydrogens (tertiary/aromatic N) is 3. The van der Waals surface area contributed by atoms with Gasteiger partial charge >= 0.3 is 0 Å². The lowest BCUT2D eigenvalue weighted by Gasteiger charge is -2.12. The molecule has 0 spiro atoms. The molecule has 2 rings (SSSR count). The van der Waals surface area contributed by atoms with Crippen molar-refractivity contribution in [2.45, 2.75) is 13.0 Å². The van der Waals surface area contributed by atoms with E-state index in [9.17, 15) is 4.79 Å². The third-order valence-corrected chi connectivity index (χ3v) is 2.87. The maximum absolute atomic E-state index is 11.8. The van der Waals surface area contributed by atoms with Gasteiger partial charge in [-0.3, -0.25) is 9.20 Å². The largest absolute Gasteiger partial charge is 0.383 e. The second-order valence-corrected chi connectivity index (χ2v) is 4.45. The third-order valence-electron chi connectivity index (χ3n) is 2.87. The molecule has 20 heavy (non-hydrogen) atoms. The molecule has 1 unspecified atom stereocenters. The van der Waals surface area contributed by atoms with E-state index in [0.29, 0.717) is 19.0 Å². The number of amides is 1. The number of methoxy groups -OCH3 is 1. The topological polar surface area (TPSA) is 80.5 Å². The van der Waals surface area contributed by atoms with Crippen LogP contribution < -0.4 is 10.6 Å². The molecule has 0 fully saturated rings. The van der Waals surface area contributed by atoms with Crippen molar-refractivity contribution in [3.05, 3.63) is 30.2 Å². The van der Waals surface area contributed by atoms with Crippen LogP contribution in [0.15, 0.2) is 24.4 Å². The van der Waals surface area contributed by atoms with Gasteiger partial charge in [-0.1, -0.05) is 6.07 Å². The Balaban J connectivity index is 1.91. The SMILES string of the molecule is COCCNCC(=O)NC(C)c1nnc2ccccn12. The molecule has 2 aromatic heterocycles. The molecule has 2 heterocycles. The Morgan fingerprint density at radius 3 is 3.10 bits per heavy atom. The number of fused-ring (bicyclic) bond motifs is 1. The molecule has 0 aliphatic rings. The summed E-state index contributed by atoms with van der Waals surface area (Å²) in [6.45, 7) is 3.37. The molecular weight excluding hydrogens is 258 g/mol. The van der Waals surface area contributed by atoms with Crippen LogP contribution >= 0.6 is 0 Å². The van der Waals surface area contributed by atoms with Crippen LogP contribution in [-0.2, 0) is 9.53 Å². The van der Waals surface area contributed by atoms with Crippen LogP contribution in [0.1, 0.15) is 18.8 Å². The standard InChI is InChI=1S/C13H19N5O2/c1-10(15-12(19)9-14-6-8-20-2)13-17-16-11-5-3-4-7-18(11)13/h3-5,7,10,14H,6,8-9H2,1-2H3,(H,15,19). The molecule has 1 atom stereocenters. The number of pyridine rings is 1. The summed E-state index contributed by atoms with van der Waals surface area (Å²) in [4.78, 5) is 11.8. The highest BCUT2D eigenvalue weighted by Crippen LogP contribution is 2.11. The number of aromatic nitrogens is 3. The molecule has 0 radical (unpaired) electrons. The van der Waals surface area contributed by atoms with Gasteiger partial charge in [0, 0.05) is 19.9 Å². The van der Waals surface area contributed by atoms with Gasteiger partial charge in [0.2, 0.25) is 5.91 Å². The predicted octanol–water partition coefficient (Wildman–Crippen LogP) is 0.143. The summed E-state index contributed by atoms with van der Waals surface area (Å²) < 4.78 is 6.76. The quantitative estimate of drug-likeness (QED) is 0.704. The Hall–Kier alpha value is -1.99. The molecule has 0 aliphatic carbocycles. The van der Waals surface area contributed by atoms with Crippen LogP contribution in [-0.4, -0.2) is 47.3 Å². The van der Waals surface area contributed by atoms with Gasteiger partial charge in [0.1, 0.15) is 0 Å². The van der Waals surface area contributed by atoms with E-state index in [1.54, 1.807) is 7.11 Å². The van der Waals surface area contributed by atoms with Gasteiger partial charge < -0.3 is 15.4 Å². The zero-order chi connectivity index (χ0) is 14.4. The first-order valence-corrected chi connectivity index (χ1v) is 6.51. The Bertz CT molecular complexity index is 569. The van der Waals surface area contributed by atoms with Crippen LogP contribution in [0.4, 0.5) is 0 Å². The van der Waals surface area contributed by atoms with Crippen LogP contribution in [0.2, 0.25) is 0 Å². The van der Waals surface area contributed by atoms with E-state index in [-0.39, 0.29) is 18.5 Å². The predicted molar refractivity (Wildman–Crippen MR) is 74.3 cm³/mol. The Morgan fingerprint density at radius 1 is 1.45 bits per heavy atom. The molecule has 0 bridgehead atoms. The molecule has 0 saturated heterocycles. The van der Waals surface area contributed by atoms with E-state index >= 15 is 0 Å². The molecule has 7 heteroatoms. The molecule has 0 aromatic carbocycles. The normalized spacial score (nSPS) is 12.5. The summed E-state index contributed by atoms with van der Waals surface area (Å²) in [5.41, 5.74) is 0.766. The van der Waals surface area contributed by atoms with Crippen LogP contribution in [0.25, 0.3) is 5.65 Å². The minimum Gasteiger partial charge on any atom is -0.383 e. The Kier molecular flexibility index (Phi) is 5.03. The number of carbonyl (C=O) groups is 1. The summed E-state index contributed by atoms with van der Waals surface area (Å²) in [5.74, 6) is 0.632. The third kappa shape index (κ3) is 3.52. The van der Waals surface area contributed by atoms with Crippen molar-refractivity contribution in [3.8, 4) is 0 Å². The number of rotatable bonds is 7. The van der Waals surface area contributed by atoms with Gasteiger partial charge in [-0.2, -0.15) is 0 Å². The number of nitrogens with one attached hydrogen (secondary N) is 2. The average Bonchev–Trinajstić information content (AvgIpc) is 2.87. The molecule has 108 valence electrons. The second-order valence-electron chi connectivity index (χ2n) is 4.45. The average molecular weight is 277 g/mol. The van der Waals surface area contributed by atoms with Gasteiger partial charge in [-0.25, -0.2) is 0 Å². The van der Waals surface area contributed by atoms with Crippen LogP contribution in [0.5, 0.6) is 0 Å². The van der Waals surface area contributed by atoms with Gasteiger partial charge in [0.15, 0.2) is 11.5 Å². The van der Waals surface area contributed by atoms with Crippen molar-refractivity contribution in [2.75, 3.05) is 26.8 Å². The number of hydrogen-bond acceptors (Lipinski definition) is 5. The summed E-state index contributed by atoms with van der Waals surface area (Å²) in [6, 6.07) is 5.47. The maximum atomic E-state index is 11.8. The highest BCUT2D eigenvalue weighted by molar-refractivity contribution is 5.78. The van der Waals surface area contributed by atoms with Crippen molar-refractivity contribution >= 4 is 11.6 Å². The van der Waals surface area contributed by atoms with Crippen molar-refractivity contribution < 1.29 is 9.53 Å². The van der Waals surface area contributed by atoms with E-state index in [1.165, 1.54) is 0 Å². The van der Waals surface area contributed by atoms with Gasteiger partial charge in [-0.05, 0) is 19.1 Å². The molecule has 2 N–H and O–H groups in total. The fraction of sp³-hybridized carbons (Fsp3) is 0.462. The molecule has 2 aromatic rings. The van der Waals surface area contributed by atoms with Crippen molar-refractivity contribution in [2.24, 2.45) is 0 Å².